The van der Waals surface area contributed by atoms with Crippen molar-refractivity contribution in [2.24, 2.45) is 0 Å². The molecule has 0 aliphatic carbocycles. The second kappa shape index (κ2) is 5.50. The number of hydrogen-bond donors (Lipinski definition) is 0. The van der Waals surface area contributed by atoms with E-state index >= 15 is 0 Å². The molecule has 0 aliphatic heterocycles. The van der Waals surface area contributed by atoms with Crippen molar-refractivity contribution >= 4 is 17.3 Å². The van der Waals surface area contributed by atoms with E-state index in [4.69, 9.17) is 4.74 Å². The largest absolute Gasteiger partial charge is 0.487 e. The summed E-state index contributed by atoms with van der Waals surface area (Å²) in [5.41, 5.74) is 1.06. The Morgan fingerprint density at radius 3 is 2.71 bits per heavy atom. The molecular weight excluding hydrogens is 236 g/mol. The van der Waals surface area contributed by atoms with Gasteiger partial charge in [-0.1, -0.05) is 30.3 Å². The Hall–Kier alpha value is -1.81. The molecule has 0 radical (unpaired) electrons. The highest BCUT2D eigenvalue weighted by Gasteiger charge is 2.14. The zero-order chi connectivity index (χ0) is 12.1. The third-order valence-electron chi connectivity index (χ3n) is 2.24. The summed E-state index contributed by atoms with van der Waals surface area (Å²) < 4.78 is 10.3. The van der Waals surface area contributed by atoms with Crippen molar-refractivity contribution in [1.82, 2.24) is 0 Å². The number of ether oxygens (including phenoxy) is 2. The molecule has 2 aromatic rings. The molecule has 17 heavy (non-hydrogen) atoms. The van der Waals surface area contributed by atoms with Crippen molar-refractivity contribution in [1.29, 1.82) is 0 Å². The number of benzene rings is 1. The Kier molecular flexibility index (Phi) is 3.77. The molecule has 88 valence electrons. The van der Waals surface area contributed by atoms with Crippen LogP contribution >= 0.6 is 11.3 Å². The van der Waals surface area contributed by atoms with Gasteiger partial charge in [-0.15, -0.1) is 11.3 Å². The number of thiophene rings is 1. The first-order valence-electron chi connectivity index (χ1n) is 5.14. The standard InChI is InChI=1S/C13H12O3S/c1-15-13(14)12-11(7-8-17-12)16-9-10-5-3-2-4-6-10/h2-8H,9H2,1H3. The summed E-state index contributed by atoms with van der Waals surface area (Å²) in [7, 11) is 1.36. The molecule has 0 amide bonds. The van der Waals surface area contributed by atoms with E-state index in [2.05, 4.69) is 4.74 Å². The molecule has 4 heteroatoms. The summed E-state index contributed by atoms with van der Waals surface area (Å²) in [6, 6.07) is 11.6. The van der Waals surface area contributed by atoms with Crippen LogP contribution in [0.25, 0.3) is 0 Å². The normalized spacial score (nSPS) is 9.94. The maximum atomic E-state index is 11.4. The zero-order valence-corrected chi connectivity index (χ0v) is 10.2. The first-order chi connectivity index (χ1) is 8.31. The van der Waals surface area contributed by atoms with Crippen LogP contribution in [0, 0.1) is 0 Å². The van der Waals surface area contributed by atoms with Crippen molar-refractivity contribution in [3.8, 4) is 5.75 Å². The maximum absolute atomic E-state index is 11.4. The number of esters is 1. The highest BCUT2D eigenvalue weighted by molar-refractivity contribution is 7.12. The molecule has 3 nitrogen and oxygen atoms in total. The van der Waals surface area contributed by atoms with E-state index in [1.807, 2.05) is 35.7 Å². The molecule has 0 saturated carbocycles. The van der Waals surface area contributed by atoms with E-state index in [0.717, 1.165) is 5.56 Å². The smallest absolute Gasteiger partial charge is 0.351 e. The summed E-state index contributed by atoms with van der Waals surface area (Å²) in [5, 5.41) is 1.81. The molecular formula is C13H12O3S. The quantitative estimate of drug-likeness (QED) is 0.780. The van der Waals surface area contributed by atoms with Gasteiger partial charge in [-0.3, -0.25) is 0 Å². The van der Waals surface area contributed by atoms with Gasteiger partial charge >= 0.3 is 5.97 Å². The van der Waals surface area contributed by atoms with Crippen LogP contribution in [0.3, 0.4) is 0 Å². The van der Waals surface area contributed by atoms with Gasteiger partial charge in [0.1, 0.15) is 12.4 Å². The maximum Gasteiger partial charge on any atom is 0.351 e. The first-order valence-corrected chi connectivity index (χ1v) is 6.02. The summed E-state index contributed by atoms with van der Waals surface area (Å²) in [4.78, 5) is 11.9. The Labute approximate surface area is 104 Å². The molecule has 2 rings (SSSR count). The lowest BCUT2D eigenvalue weighted by atomic mass is 10.2. The van der Waals surface area contributed by atoms with Gasteiger partial charge in [-0.25, -0.2) is 4.79 Å². The van der Waals surface area contributed by atoms with Gasteiger partial charge in [0.05, 0.1) is 7.11 Å². The minimum absolute atomic E-state index is 0.358. The average Bonchev–Trinajstić information content (AvgIpc) is 2.85. The molecule has 0 fully saturated rings. The van der Waals surface area contributed by atoms with E-state index in [1.54, 1.807) is 6.07 Å². The summed E-state index contributed by atoms with van der Waals surface area (Å²) in [6.45, 7) is 0.446. The summed E-state index contributed by atoms with van der Waals surface area (Å²) in [5.74, 6) is 0.216. The molecule has 1 heterocycles. The predicted molar refractivity (Wildman–Crippen MR) is 66.4 cm³/mol. The average molecular weight is 248 g/mol. The SMILES string of the molecule is COC(=O)c1sccc1OCc1ccccc1. The minimum atomic E-state index is -0.358. The van der Waals surface area contributed by atoms with E-state index < -0.39 is 0 Å². The Morgan fingerprint density at radius 2 is 2.00 bits per heavy atom. The molecule has 0 unspecified atom stereocenters. The van der Waals surface area contributed by atoms with E-state index in [1.165, 1.54) is 18.4 Å². The van der Waals surface area contributed by atoms with Gasteiger partial charge in [-0.05, 0) is 17.0 Å². The third-order valence-corrected chi connectivity index (χ3v) is 3.11. The van der Waals surface area contributed by atoms with Gasteiger partial charge in [0.2, 0.25) is 0 Å². The van der Waals surface area contributed by atoms with Crippen LogP contribution in [0.1, 0.15) is 15.2 Å². The van der Waals surface area contributed by atoms with Crippen LogP contribution in [0.2, 0.25) is 0 Å². The van der Waals surface area contributed by atoms with Crippen molar-refractivity contribution in [3.63, 3.8) is 0 Å². The highest BCUT2D eigenvalue weighted by atomic mass is 32.1. The van der Waals surface area contributed by atoms with Gasteiger partial charge in [-0.2, -0.15) is 0 Å². The minimum Gasteiger partial charge on any atom is -0.487 e. The number of carbonyl (C=O) groups is 1. The molecule has 0 atom stereocenters. The van der Waals surface area contributed by atoms with E-state index in [0.29, 0.717) is 17.2 Å². The van der Waals surface area contributed by atoms with Gasteiger partial charge < -0.3 is 9.47 Å². The Bertz CT molecular complexity index is 490. The Balaban J connectivity index is 2.05. The van der Waals surface area contributed by atoms with Crippen LogP contribution in [-0.2, 0) is 11.3 Å². The number of carbonyl (C=O) groups excluding carboxylic acids is 1. The van der Waals surface area contributed by atoms with Crippen molar-refractivity contribution < 1.29 is 14.3 Å². The van der Waals surface area contributed by atoms with Crippen LogP contribution in [0.4, 0.5) is 0 Å². The van der Waals surface area contributed by atoms with Crippen LogP contribution < -0.4 is 4.74 Å². The molecule has 0 spiro atoms. The van der Waals surface area contributed by atoms with E-state index in [9.17, 15) is 4.79 Å². The second-order valence-electron chi connectivity index (χ2n) is 3.38. The first kappa shape index (κ1) is 11.7. The highest BCUT2D eigenvalue weighted by Crippen LogP contribution is 2.26. The van der Waals surface area contributed by atoms with Crippen LogP contribution in [-0.4, -0.2) is 13.1 Å². The summed E-state index contributed by atoms with van der Waals surface area (Å²) in [6.07, 6.45) is 0. The van der Waals surface area contributed by atoms with Crippen molar-refractivity contribution in [3.05, 3.63) is 52.2 Å². The molecule has 0 bridgehead atoms. The lowest BCUT2D eigenvalue weighted by molar-refractivity contribution is 0.0601. The van der Waals surface area contributed by atoms with E-state index in [-0.39, 0.29) is 5.97 Å². The van der Waals surface area contributed by atoms with Gasteiger partial charge in [0.15, 0.2) is 4.88 Å². The fourth-order valence-corrected chi connectivity index (χ4v) is 2.14. The summed E-state index contributed by atoms with van der Waals surface area (Å²) >= 11 is 1.32. The molecule has 1 aromatic heterocycles. The lowest BCUT2D eigenvalue weighted by Gasteiger charge is -2.06. The van der Waals surface area contributed by atoms with Crippen molar-refractivity contribution in [2.45, 2.75) is 6.61 Å². The van der Waals surface area contributed by atoms with Gasteiger partial charge in [0, 0.05) is 0 Å². The molecule has 0 N–H and O–H groups in total. The fourth-order valence-electron chi connectivity index (χ4n) is 1.39. The Morgan fingerprint density at radius 1 is 1.24 bits per heavy atom. The number of methoxy groups -OCH3 is 1. The number of hydrogen-bond acceptors (Lipinski definition) is 4. The molecule has 1 aromatic carbocycles. The molecule has 0 aliphatic rings. The second-order valence-corrected chi connectivity index (χ2v) is 4.30. The topological polar surface area (TPSA) is 35.5 Å². The molecule has 0 saturated heterocycles. The fraction of sp³-hybridized carbons (Fsp3) is 0.154. The van der Waals surface area contributed by atoms with Crippen molar-refractivity contribution in [2.75, 3.05) is 7.11 Å². The predicted octanol–water partition coefficient (Wildman–Crippen LogP) is 3.11. The monoisotopic (exact) mass is 248 g/mol. The lowest BCUT2D eigenvalue weighted by Crippen LogP contribution is -2.02. The third kappa shape index (κ3) is 2.85. The number of rotatable bonds is 4. The van der Waals surface area contributed by atoms with Gasteiger partial charge in [0.25, 0.3) is 0 Å². The van der Waals surface area contributed by atoms with Crippen LogP contribution in [0.15, 0.2) is 41.8 Å². The van der Waals surface area contributed by atoms with Crippen LogP contribution in [0.5, 0.6) is 5.75 Å². The zero-order valence-electron chi connectivity index (χ0n) is 9.38.